The molecule has 3 heterocycles. The first-order valence-electron chi connectivity index (χ1n) is 9.79. The summed E-state index contributed by atoms with van der Waals surface area (Å²) in [4.78, 5) is 29.3. The van der Waals surface area contributed by atoms with E-state index in [4.69, 9.17) is 4.74 Å². The minimum Gasteiger partial charge on any atom is -0.465 e. The van der Waals surface area contributed by atoms with E-state index >= 15 is 0 Å². The molecule has 0 radical (unpaired) electrons. The minimum atomic E-state index is -0.788. The van der Waals surface area contributed by atoms with Crippen LogP contribution in [0.1, 0.15) is 24.8 Å². The molecule has 7 heteroatoms. The first-order chi connectivity index (χ1) is 13.1. The molecule has 0 aromatic heterocycles. The van der Waals surface area contributed by atoms with Crippen molar-refractivity contribution in [3.63, 3.8) is 0 Å². The maximum Gasteiger partial charge on any atom is 0.410 e. The standard InChI is InChI=1S/C20H27N3O4/c24-19(25)23-13-17-10-18(23)12-22(17)11-15-6-8-21(9-7-15)20(26)27-14-16-4-2-1-3-5-16/h1-5,15,17-18H,6-14H2,(H,24,25)/t17-,18-/m0/s1. The van der Waals surface area contributed by atoms with E-state index in [1.165, 1.54) is 0 Å². The third-order valence-corrected chi connectivity index (χ3v) is 6.17. The number of piperidine rings is 1. The lowest BCUT2D eigenvalue weighted by atomic mass is 9.96. The van der Waals surface area contributed by atoms with Crippen molar-refractivity contribution in [1.29, 1.82) is 0 Å². The lowest BCUT2D eigenvalue weighted by molar-refractivity contribution is 0.0678. The van der Waals surface area contributed by atoms with Gasteiger partial charge in [0.15, 0.2) is 0 Å². The highest BCUT2D eigenvalue weighted by molar-refractivity contribution is 5.67. The third-order valence-electron chi connectivity index (χ3n) is 6.17. The van der Waals surface area contributed by atoms with Crippen LogP contribution < -0.4 is 0 Å². The average molecular weight is 373 g/mol. The molecule has 3 saturated heterocycles. The zero-order valence-electron chi connectivity index (χ0n) is 15.5. The lowest BCUT2D eigenvalue weighted by Crippen LogP contribution is -2.50. The molecule has 146 valence electrons. The van der Waals surface area contributed by atoms with E-state index < -0.39 is 6.09 Å². The quantitative estimate of drug-likeness (QED) is 0.878. The van der Waals surface area contributed by atoms with Crippen molar-refractivity contribution in [3.05, 3.63) is 35.9 Å². The third kappa shape index (κ3) is 4.03. The Morgan fingerprint density at radius 3 is 2.44 bits per heavy atom. The highest BCUT2D eigenvalue weighted by atomic mass is 16.6. The van der Waals surface area contributed by atoms with E-state index in [2.05, 4.69) is 4.90 Å². The van der Waals surface area contributed by atoms with Crippen molar-refractivity contribution in [2.24, 2.45) is 5.92 Å². The summed E-state index contributed by atoms with van der Waals surface area (Å²) in [6.45, 7) is 4.31. The molecule has 4 rings (SSSR count). The van der Waals surface area contributed by atoms with Gasteiger partial charge in [-0.3, -0.25) is 4.90 Å². The van der Waals surface area contributed by atoms with Crippen LogP contribution in [0.4, 0.5) is 9.59 Å². The number of hydrogen-bond donors (Lipinski definition) is 1. The summed E-state index contributed by atoms with van der Waals surface area (Å²) in [5.74, 6) is 0.570. The number of hydrogen-bond acceptors (Lipinski definition) is 4. The highest BCUT2D eigenvalue weighted by Gasteiger charge is 2.45. The molecule has 0 aliphatic carbocycles. The first kappa shape index (κ1) is 18.1. The number of likely N-dealkylation sites (tertiary alicyclic amines) is 3. The number of carbonyl (C=O) groups is 2. The SMILES string of the molecule is O=C(OCc1ccccc1)N1CCC(CN2C[C@@H]3C[C@H]2CN3C(=O)O)CC1. The Kier molecular flexibility index (Phi) is 5.20. The van der Waals surface area contributed by atoms with Gasteiger partial charge in [-0.15, -0.1) is 0 Å². The predicted molar refractivity (Wildman–Crippen MR) is 99.4 cm³/mol. The van der Waals surface area contributed by atoms with E-state index in [1.54, 1.807) is 4.90 Å². The van der Waals surface area contributed by atoms with E-state index in [1.807, 2.05) is 35.2 Å². The van der Waals surface area contributed by atoms with E-state index in [0.717, 1.165) is 51.0 Å². The second kappa shape index (κ2) is 7.76. The molecule has 7 nitrogen and oxygen atoms in total. The predicted octanol–water partition coefficient (Wildman–Crippen LogP) is 2.47. The van der Waals surface area contributed by atoms with Crippen LogP contribution in [-0.4, -0.2) is 76.8 Å². The number of piperazine rings is 1. The highest BCUT2D eigenvalue weighted by Crippen LogP contribution is 2.32. The smallest absolute Gasteiger partial charge is 0.410 e. The summed E-state index contributed by atoms with van der Waals surface area (Å²) in [7, 11) is 0. The van der Waals surface area contributed by atoms with Crippen molar-refractivity contribution in [1.82, 2.24) is 14.7 Å². The van der Waals surface area contributed by atoms with Gasteiger partial charge in [-0.25, -0.2) is 9.59 Å². The van der Waals surface area contributed by atoms with Gasteiger partial charge in [0.05, 0.1) is 0 Å². The first-order valence-corrected chi connectivity index (χ1v) is 9.79. The monoisotopic (exact) mass is 373 g/mol. The van der Waals surface area contributed by atoms with Gasteiger partial charge in [0.2, 0.25) is 0 Å². The van der Waals surface area contributed by atoms with Gasteiger partial charge in [-0.1, -0.05) is 30.3 Å². The van der Waals surface area contributed by atoms with Gasteiger partial charge < -0.3 is 19.6 Å². The van der Waals surface area contributed by atoms with Crippen molar-refractivity contribution < 1.29 is 19.4 Å². The van der Waals surface area contributed by atoms with Gasteiger partial charge in [0.25, 0.3) is 0 Å². The van der Waals surface area contributed by atoms with E-state index in [-0.39, 0.29) is 12.1 Å². The Labute approximate surface area is 159 Å². The molecule has 2 amide bonds. The van der Waals surface area contributed by atoms with Crippen molar-refractivity contribution in [3.8, 4) is 0 Å². The number of amides is 2. The fourth-order valence-corrected chi connectivity index (χ4v) is 4.65. The number of carbonyl (C=O) groups excluding carboxylic acids is 1. The molecule has 1 aromatic rings. The molecule has 2 bridgehead atoms. The molecule has 1 N–H and O–H groups in total. The summed E-state index contributed by atoms with van der Waals surface area (Å²) < 4.78 is 5.43. The normalized spacial score (nSPS) is 25.8. The van der Waals surface area contributed by atoms with Crippen LogP contribution in [-0.2, 0) is 11.3 Å². The van der Waals surface area contributed by atoms with Crippen LogP contribution in [0, 0.1) is 5.92 Å². The summed E-state index contributed by atoms with van der Waals surface area (Å²) >= 11 is 0. The summed E-state index contributed by atoms with van der Waals surface area (Å²) in [5.41, 5.74) is 1.00. The largest absolute Gasteiger partial charge is 0.465 e. The van der Waals surface area contributed by atoms with Crippen LogP contribution in [0.2, 0.25) is 0 Å². The number of nitrogens with zero attached hydrogens (tertiary/aromatic N) is 3. The van der Waals surface area contributed by atoms with Gasteiger partial charge in [0.1, 0.15) is 6.61 Å². The van der Waals surface area contributed by atoms with Gasteiger partial charge >= 0.3 is 12.2 Å². The Morgan fingerprint density at radius 2 is 1.81 bits per heavy atom. The lowest BCUT2D eigenvalue weighted by Gasteiger charge is -2.37. The Morgan fingerprint density at radius 1 is 1.07 bits per heavy atom. The zero-order chi connectivity index (χ0) is 18.8. The molecule has 27 heavy (non-hydrogen) atoms. The number of benzene rings is 1. The van der Waals surface area contributed by atoms with Crippen molar-refractivity contribution in [2.45, 2.75) is 38.0 Å². The van der Waals surface area contributed by atoms with Crippen LogP contribution in [0.25, 0.3) is 0 Å². The topological polar surface area (TPSA) is 73.3 Å². The molecule has 3 aliphatic heterocycles. The molecule has 2 atom stereocenters. The minimum absolute atomic E-state index is 0.167. The molecule has 3 fully saturated rings. The maximum absolute atomic E-state index is 12.3. The second-order valence-corrected chi connectivity index (χ2v) is 7.90. The number of ether oxygens (including phenoxy) is 1. The maximum atomic E-state index is 12.3. The van der Waals surface area contributed by atoms with Gasteiger partial charge in [-0.05, 0) is 30.7 Å². The molecule has 0 spiro atoms. The van der Waals surface area contributed by atoms with Crippen LogP contribution in [0.3, 0.4) is 0 Å². The molecular weight excluding hydrogens is 346 g/mol. The summed E-state index contributed by atoms with van der Waals surface area (Å²) in [5, 5.41) is 9.20. The second-order valence-electron chi connectivity index (χ2n) is 7.90. The van der Waals surface area contributed by atoms with E-state index in [0.29, 0.717) is 25.1 Å². The van der Waals surface area contributed by atoms with Crippen LogP contribution in [0.5, 0.6) is 0 Å². The Hall–Kier alpha value is -2.28. The molecule has 3 aliphatic rings. The molecular formula is C20H27N3O4. The summed E-state index contributed by atoms with van der Waals surface area (Å²) in [6.07, 6.45) is 1.92. The van der Waals surface area contributed by atoms with Crippen molar-refractivity contribution >= 4 is 12.2 Å². The number of carboxylic acid groups (broad SMARTS) is 1. The van der Waals surface area contributed by atoms with Gasteiger partial charge in [0, 0.05) is 44.8 Å². The fourth-order valence-electron chi connectivity index (χ4n) is 4.65. The van der Waals surface area contributed by atoms with Crippen LogP contribution >= 0.6 is 0 Å². The number of fused-ring (bicyclic) bond motifs is 2. The Balaban J connectivity index is 1.19. The number of rotatable bonds is 4. The fraction of sp³-hybridized carbons (Fsp3) is 0.600. The summed E-state index contributed by atoms with van der Waals surface area (Å²) in [6, 6.07) is 10.3. The van der Waals surface area contributed by atoms with Crippen LogP contribution in [0.15, 0.2) is 30.3 Å². The van der Waals surface area contributed by atoms with E-state index in [9.17, 15) is 14.7 Å². The average Bonchev–Trinajstić information content (AvgIpc) is 3.28. The van der Waals surface area contributed by atoms with Crippen molar-refractivity contribution in [2.75, 3.05) is 32.7 Å². The Bertz CT molecular complexity index is 675. The zero-order valence-corrected chi connectivity index (χ0v) is 15.5. The molecule has 0 unspecified atom stereocenters. The molecule has 1 aromatic carbocycles. The van der Waals surface area contributed by atoms with Gasteiger partial charge in [-0.2, -0.15) is 0 Å². The molecule has 0 saturated carbocycles.